The van der Waals surface area contributed by atoms with Crippen LogP contribution < -0.4 is 21.3 Å². The first-order valence-electron chi connectivity index (χ1n) is 9.73. The number of urea groups is 1. The van der Waals surface area contributed by atoms with Gasteiger partial charge in [-0.05, 0) is 45.1 Å². The van der Waals surface area contributed by atoms with Crippen molar-refractivity contribution in [2.75, 3.05) is 25.0 Å². The first kappa shape index (κ1) is 22.1. The number of fused-ring (bicyclic) bond motifs is 1. The molecule has 0 saturated carbocycles. The van der Waals surface area contributed by atoms with Crippen LogP contribution in [0.5, 0.6) is 0 Å². The van der Waals surface area contributed by atoms with E-state index in [4.69, 9.17) is 5.11 Å². The molecule has 1 atom stereocenters. The Morgan fingerprint density at radius 3 is 2.79 bits per heavy atom. The van der Waals surface area contributed by atoms with E-state index in [0.29, 0.717) is 30.6 Å². The largest absolute Gasteiger partial charge is 0.481 e. The van der Waals surface area contributed by atoms with Gasteiger partial charge >= 0.3 is 12.0 Å². The van der Waals surface area contributed by atoms with Crippen molar-refractivity contribution in [3.63, 3.8) is 0 Å². The van der Waals surface area contributed by atoms with Crippen LogP contribution in [0.15, 0.2) is 0 Å². The van der Waals surface area contributed by atoms with Gasteiger partial charge < -0.3 is 26.4 Å². The summed E-state index contributed by atoms with van der Waals surface area (Å²) >= 11 is 1.50. The van der Waals surface area contributed by atoms with E-state index in [0.717, 1.165) is 37.9 Å². The fourth-order valence-corrected chi connectivity index (χ4v) is 4.04. The Kier molecular flexibility index (Phi) is 9.15. The molecule has 0 bridgehead atoms. The third kappa shape index (κ3) is 7.81. The average molecular weight is 412 g/mol. The van der Waals surface area contributed by atoms with Crippen molar-refractivity contribution in [2.24, 2.45) is 0 Å². The number of nitrogens with one attached hydrogen (secondary N) is 4. The van der Waals surface area contributed by atoms with Crippen LogP contribution >= 0.6 is 11.3 Å². The van der Waals surface area contributed by atoms with Gasteiger partial charge in [0.1, 0.15) is 0 Å². The second-order valence-corrected chi connectivity index (χ2v) is 7.87. The molecule has 0 unspecified atom stereocenters. The second kappa shape index (κ2) is 11.6. The zero-order valence-corrected chi connectivity index (χ0v) is 17.0. The lowest BCUT2D eigenvalue weighted by Crippen LogP contribution is -2.40. The summed E-state index contributed by atoms with van der Waals surface area (Å²) in [6, 6.07) is 0.0195. The summed E-state index contributed by atoms with van der Waals surface area (Å²) in [7, 11) is 0. The molecule has 28 heavy (non-hydrogen) atoms. The normalized spacial score (nSPS) is 15.5. The molecule has 2 rings (SSSR count). The predicted octanol–water partition coefficient (Wildman–Crippen LogP) is 1.49. The van der Waals surface area contributed by atoms with Gasteiger partial charge in [0.2, 0.25) is 5.91 Å². The Hall–Kier alpha value is -2.20. The maximum atomic E-state index is 12.0. The average Bonchev–Trinajstić information content (AvgIpc) is 3.05. The van der Waals surface area contributed by atoms with Crippen LogP contribution in [-0.4, -0.2) is 53.7 Å². The summed E-state index contributed by atoms with van der Waals surface area (Å²) in [5.74, 6) is -1.18. The Bertz CT molecular complexity index is 679. The molecule has 3 amide bonds. The highest BCUT2D eigenvalue weighted by Gasteiger charge is 2.22. The van der Waals surface area contributed by atoms with E-state index in [1.807, 2.05) is 0 Å². The molecule has 10 heteroatoms. The number of hydrogen-bond donors (Lipinski definition) is 5. The van der Waals surface area contributed by atoms with Crippen LogP contribution in [0, 0.1) is 0 Å². The lowest BCUT2D eigenvalue weighted by atomic mass is 9.98. The third-order valence-corrected chi connectivity index (χ3v) is 5.42. The number of carboxylic acids is 1. The van der Waals surface area contributed by atoms with Crippen LogP contribution in [0.2, 0.25) is 0 Å². The summed E-state index contributed by atoms with van der Waals surface area (Å²) in [6.07, 6.45) is 5.16. The van der Waals surface area contributed by atoms with Gasteiger partial charge in [-0.1, -0.05) is 6.92 Å². The molecular weight excluding hydrogens is 382 g/mol. The number of carbonyl (C=O) groups is 3. The molecule has 1 heterocycles. The number of anilines is 1. The van der Waals surface area contributed by atoms with E-state index >= 15 is 0 Å². The molecule has 1 aliphatic carbocycles. The number of aryl methyl sites for hydroxylation is 1. The minimum absolute atomic E-state index is 0.0823. The standard InChI is InChI=1S/C18H29N5O4S/c1-2-8-19-12-6-7-13-14(10-12)28-18(22-13)23-15(24)11-21-17(27)20-9-4-3-5-16(25)26/h12,19H,2-11H2,1H3,(H,25,26)(H2,20,21,27)(H,22,23,24)/t12-/m0/s1. The van der Waals surface area contributed by atoms with Gasteiger partial charge in [-0.25, -0.2) is 9.78 Å². The quantitative estimate of drug-likeness (QED) is 0.351. The third-order valence-electron chi connectivity index (χ3n) is 4.38. The highest BCUT2D eigenvalue weighted by molar-refractivity contribution is 7.15. The molecule has 0 saturated heterocycles. The molecule has 5 N–H and O–H groups in total. The van der Waals surface area contributed by atoms with E-state index in [9.17, 15) is 14.4 Å². The van der Waals surface area contributed by atoms with E-state index in [2.05, 4.69) is 33.2 Å². The number of rotatable bonds is 11. The lowest BCUT2D eigenvalue weighted by Gasteiger charge is -2.21. The molecule has 0 spiro atoms. The van der Waals surface area contributed by atoms with Gasteiger partial charge in [0.15, 0.2) is 5.13 Å². The number of nitrogens with zero attached hydrogens (tertiary/aromatic N) is 1. The molecule has 1 aliphatic rings. The molecule has 1 aromatic heterocycles. The number of hydrogen-bond acceptors (Lipinski definition) is 6. The second-order valence-electron chi connectivity index (χ2n) is 6.79. The smallest absolute Gasteiger partial charge is 0.315 e. The Morgan fingerprint density at radius 2 is 2.04 bits per heavy atom. The first-order chi connectivity index (χ1) is 13.5. The summed E-state index contributed by atoms with van der Waals surface area (Å²) in [5.41, 5.74) is 1.06. The van der Waals surface area contributed by atoms with Crippen LogP contribution in [0.1, 0.15) is 49.6 Å². The van der Waals surface area contributed by atoms with Crippen LogP contribution in [0.3, 0.4) is 0 Å². The molecule has 156 valence electrons. The van der Waals surface area contributed by atoms with Gasteiger partial charge in [0.25, 0.3) is 0 Å². The number of carboxylic acid groups (broad SMARTS) is 1. The highest BCUT2D eigenvalue weighted by Crippen LogP contribution is 2.29. The van der Waals surface area contributed by atoms with Gasteiger partial charge in [-0.2, -0.15) is 0 Å². The Morgan fingerprint density at radius 1 is 1.21 bits per heavy atom. The Balaban J connectivity index is 1.66. The molecule has 0 aliphatic heterocycles. The van der Waals surface area contributed by atoms with Gasteiger partial charge in [0, 0.05) is 23.9 Å². The molecule has 0 radical (unpaired) electrons. The van der Waals surface area contributed by atoms with Crippen molar-refractivity contribution in [1.29, 1.82) is 0 Å². The van der Waals surface area contributed by atoms with Crippen molar-refractivity contribution >= 4 is 34.4 Å². The molecule has 9 nitrogen and oxygen atoms in total. The van der Waals surface area contributed by atoms with E-state index in [1.54, 1.807) is 0 Å². The lowest BCUT2D eigenvalue weighted by molar-refractivity contribution is -0.137. The summed E-state index contributed by atoms with van der Waals surface area (Å²) in [6.45, 7) is 3.38. The number of thiazole rings is 1. The number of carbonyl (C=O) groups excluding carboxylic acids is 2. The molecule has 0 aromatic carbocycles. The van der Waals surface area contributed by atoms with Gasteiger partial charge in [0.05, 0.1) is 12.2 Å². The number of unbranched alkanes of at least 4 members (excludes halogenated alkanes) is 1. The maximum Gasteiger partial charge on any atom is 0.315 e. The predicted molar refractivity (Wildman–Crippen MR) is 108 cm³/mol. The maximum absolute atomic E-state index is 12.0. The number of amides is 3. The highest BCUT2D eigenvalue weighted by atomic mass is 32.1. The summed E-state index contributed by atoms with van der Waals surface area (Å²) in [5, 5.41) is 20.5. The number of aromatic nitrogens is 1. The fraction of sp³-hybridized carbons (Fsp3) is 0.667. The zero-order valence-electron chi connectivity index (χ0n) is 16.2. The fourth-order valence-electron chi connectivity index (χ4n) is 2.94. The van der Waals surface area contributed by atoms with Crippen LogP contribution in [0.4, 0.5) is 9.93 Å². The van der Waals surface area contributed by atoms with Gasteiger partial charge in [-0.3, -0.25) is 9.59 Å². The minimum Gasteiger partial charge on any atom is -0.481 e. The Labute approximate surface area is 168 Å². The van der Waals surface area contributed by atoms with Crippen molar-refractivity contribution in [3.8, 4) is 0 Å². The summed E-state index contributed by atoms with van der Waals surface area (Å²) in [4.78, 5) is 39.8. The van der Waals surface area contributed by atoms with Crippen molar-refractivity contribution < 1.29 is 19.5 Å². The van der Waals surface area contributed by atoms with E-state index < -0.39 is 12.0 Å². The van der Waals surface area contributed by atoms with E-state index in [-0.39, 0.29) is 18.9 Å². The van der Waals surface area contributed by atoms with Crippen molar-refractivity contribution in [3.05, 3.63) is 10.6 Å². The minimum atomic E-state index is -0.849. The molecule has 1 aromatic rings. The number of aliphatic carboxylic acids is 1. The SMILES string of the molecule is CCCN[C@H]1CCc2nc(NC(=O)CNC(=O)NCCCCC(=O)O)sc2C1. The van der Waals surface area contributed by atoms with Crippen molar-refractivity contribution in [1.82, 2.24) is 20.9 Å². The van der Waals surface area contributed by atoms with Gasteiger partial charge in [-0.15, -0.1) is 11.3 Å². The van der Waals surface area contributed by atoms with Crippen LogP contribution in [0.25, 0.3) is 0 Å². The first-order valence-corrected chi connectivity index (χ1v) is 10.5. The topological polar surface area (TPSA) is 132 Å². The van der Waals surface area contributed by atoms with E-state index in [1.165, 1.54) is 16.2 Å². The van der Waals surface area contributed by atoms with Crippen molar-refractivity contribution in [2.45, 2.75) is 57.9 Å². The molecular formula is C18H29N5O4S. The zero-order chi connectivity index (χ0) is 20.4. The molecule has 0 fully saturated rings. The summed E-state index contributed by atoms with van der Waals surface area (Å²) < 4.78 is 0. The monoisotopic (exact) mass is 411 g/mol. The van der Waals surface area contributed by atoms with Crippen LogP contribution in [-0.2, 0) is 22.4 Å².